The highest BCUT2D eigenvalue weighted by molar-refractivity contribution is 5.95. The summed E-state index contributed by atoms with van der Waals surface area (Å²) in [6.45, 7) is 6.32. The van der Waals surface area contributed by atoms with E-state index in [2.05, 4.69) is 10.3 Å². The van der Waals surface area contributed by atoms with Crippen molar-refractivity contribution in [3.05, 3.63) is 29.1 Å². The van der Waals surface area contributed by atoms with Crippen LogP contribution in [0.4, 0.5) is 0 Å². The van der Waals surface area contributed by atoms with Gasteiger partial charge in [0.1, 0.15) is 0 Å². The molecule has 3 heteroatoms. The number of hydrogen-bond acceptors (Lipinski definition) is 2. The molecular formula is C10H14N2O. The maximum absolute atomic E-state index is 11.5. The minimum Gasteiger partial charge on any atom is -0.352 e. The van der Waals surface area contributed by atoms with Crippen LogP contribution in [0.5, 0.6) is 0 Å². The van der Waals surface area contributed by atoms with E-state index in [1.807, 2.05) is 20.8 Å². The molecule has 0 saturated carbocycles. The van der Waals surface area contributed by atoms with E-state index >= 15 is 0 Å². The summed E-state index contributed by atoms with van der Waals surface area (Å²) in [6, 6.07) is 1.81. The van der Waals surface area contributed by atoms with Crippen molar-refractivity contribution < 1.29 is 4.79 Å². The lowest BCUT2D eigenvalue weighted by atomic mass is 10.1. The largest absolute Gasteiger partial charge is 0.352 e. The van der Waals surface area contributed by atoms with Crippen LogP contribution in [0.25, 0.3) is 0 Å². The number of nitrogens with one attached hydrogen (secondary N) is 1. The third-order valence-corrected chi connectivity index (χ3v) is 1.82. The highest BCUT2D eigenvalue weighted by Crippen LogP contribution is 2.07. The van der Waals surface area contributed by atoms with E-state index in [4.69, 9.17) is 0 Å². The number of carbonyl (C=O) groups excluding carboxylic acids is 1. The normalized spacial score (nSPS) is 9.77. The van der Waals surface area contributed by atoms with Crippen LogP contribution in [0.2, 0.25) is 0 Å². The van der Waals surface area contributed by atoms with Crippen LogP contribution in [0.1, 0.15) is 28.5 Å². The van der Waals surface area contributed by atoms with Crippen LogP contribution < -0.4 is 5.32 Å². The molecule has 0 saturated heterocycles. The van der Waals surface area contributed by atoms with Gasteiger partial charge in [-0.15, -0.1) is 0 Å². The molecule has 0 spiro atoms. The van der Waals surface area contributed by atoms with Gasteiger partial charge in [-0.3, -0.25) is 9.78 Å². The van der Waals surface area contributed by atoms with Gasteiger partial charge in [-0.2, -0.15) is 0 Å². The number of aryl methyl sites for hydroxylation is 2. The Labute approximate surface area is 78.2 Å². The Morgan fingerprint density at radius 2 is 2.23 bits per heavy atom. The zero-order valence-corrected chi connectivity index (χ0v) is 8.22. The third-order valence-electron chi connectivity index (χ3n) is 1.82. The zero-order chi connectivity index (χ0) is 9.84. The summed E-state index contributed by atoms with van der Waals surface area (Å²) < 4.78 is 0. The molecule has 70 valence electrons. The van der Waals surface area contributed by atoms with Crippen molar-refractivity contribution in [2.75, 3.05) is 6.54 Å². The molecule has 0 atom stereocenters. The van der Waals surface area contributed by atoms with E-state index in [-0.39, 0.29) is 5.91 Å². The molecule has 0 aliphatic heterocycles. The molecule has 0 aromatic carbocycles. The average Bonchev–Trinajstić information content (AvgIpc) is 2.09. The fraction of sp³-hybridized carbons (Fsp3) is 0.400. The maximum atomic E-state index is 11.5. The van der Waals surface area contributed by atoms with Crippen molar-refractivity contribution in [1.29, 1.82) is 0 Å². The molecule has 3 nitrogen and oxygen atoms in total. The lowest BCUT2D eigenvalue weighted by Gasteiger charge is -2.05. The molecule has 13 heavy (non-hydrogen) atoms. The topological polar surface area (TPSA) is 42.0 Å². The summed E-state index contributed by atoms with van der Waals surface area (Å²) in [5.74, 6) is -0.0227. The lowest BCUT2D eigenvalue weighted by Crippen LogP contribution is -2.23. The van der Waals surface area contributed by atoms with Crippen molar-refractivity contribution in [2.24, 2.45) is 0 Å². The summed E-state index contributed by atoms with van der Waals surface area (Å²) in [5, 5.41) is 2.76. The van der Waals surface area contributed by atoms with Crippen molar-refractivity contribution in [3.63, 3.8) is 0 Å². The Balaban J connectivity index is 2.99. The van der Waals surface area contributed by atoms with E-state index in [1.165, 1.54) is 0 Å². The van der Waals surface area contributed by atoms with Gasteiger partial charge in [0.05, 0.1) is 0 Å². The molecule has 0 aliphatic rings. The molecule has 0 radical (unpaired) electrons. The van der Waals surface area contributed by atoms with E-state index < -0.39 is 0 Å². The SMILES string of the molecule is CCNC(=O)c1cc(C)ncc1C. The standard InChI is InChI=1S/C10H14N2O/c1-4-11-10(13)9-5-8(3)12-6-7(9)2/h5-6H,4H2,1-3H3,(H,11,13). The summed E-state index contributed by atoms with van der Waals surface area (Å²) in [4.78, 5) is 15.6. The second-order valence-corrected chi connectivity index (χ2v) is 3.00. The summed E-state index contributed by atoms with van der Waals surface area (Å²) in [5.41, 5.74) is 2.50. The molecule has 1 aromatic heterocycles. The van der Waals surface area contributed by atoms with E-state index in [1.54, 1.807) is 12.3 Å². The summed E-state index contributed by atoms with van der Waals surface area (Å²) in [6.07, 6.45) is 1.72. The molecule has 1 heterocycles. The fourth-order valence-corrected chi connectivity index (χ4v) is 1.13. The molecule has 1 aromatic rings. The fourth-order valence-electron chi connectivity index (χ4n) is 1.13. The first kappa shape index (κ1) is 9.71. The minimum atomic E-state index is -0.0227. The number of nitrogens with zero attached hydrogens (tertiary/aromatic N) is 1. The van der Waals surface area contributed by atoms with E-state index in [0.717, 1.165) is 11.3 Å². The van der Waals surface area contributed by atoms with Gasteiger partial charge in [-0.05, 0) is 32.4 Å². The van der Waals surface area contributed by atoms with Crippen LogP contribution >= 0.6 is 0 Å². The quantitative estimate of drug-likeness (QED) is 0.744. The summed E-state index contributed by atoms with van der Waals surface area (Å²) >= 11 is 0. The van der Waals surface area contributed by atoms with Crippen LogP contribution in [-0.2, 0) is 0 Å². The van der Waals surface area contributed by atoms with Gasteiger partial charge in [-0.1, -0.05) is 0 Å². The number of pyridine rings is 1. The predicted octanol–water partition coefficient (Wildman–Crippen LogP) is 1.45. The van der Waals surface area contributed by atoms with Crippen LogP contribution in [0.3, 0.4) is 0 Å². The maximum Gasteiger partial charge on any atom is 0.251 e. The molecule has 1 amide bonds. The third kappa shape index (κ3) is 2.28. The predicted molar refractivity (Wildman–Crippen MR) is 51.7 cm³/mol. The highest BCUT2D eigenvalue weighted by Gasteiger charge is 2.07. The molecule has 1 rings (SSSR count). The second kappa shape index (κ2) is 4.03. The minimum absolute atomic E-state index is 0.0227. The van der Waals surface area contributed by atoms with Crippen LogP contribution in [0.15, 0.2) is 12.3 Å². The first-order valence-corrected chi connectivity index (χ1v) is 4.36. The lowest BCUT2D eigenvalue weighted by molar-refractivity contribution is 0.0955. The Bertz CT molecular complexity index is 321. The van der Waals surface area contributed by atoms with Crippen molar-refractivity contribution in [3.8, 4) is 0 Å². The van der Waals surface area contributed by atoms with Crippen molar-refractivity contribution in [1.82, 2.24) is 10.3 Å². The Morgan fingerprint density at radius 3 is 2.85 bits per heavy atom. The molecule has 1 N–H and O–H groups in total. The summed E-state index contributed by atoms with van der Waals surface area (Å²) in [7, 11) is 0. The number of carbonyl (C=O) groups is 1. The Morgan fingerprint density at radius 1 is 1.54 bits per heavy atom. The second-order valence-electron chi connectivity index (χ2n) is 3.00. The zero-order valence-electron chi connectivity index (χ0n) is 8.22. The van der Waals surface area contributed by atoms with E-state index in [0.29, 0.717) is 12.1 Å². The number of amides is 1. The van der Waals surface area contributed by atoms with Gasteiger partial charge < -0.3 is 5.32 Å². The first-order chi connectivity index (χ1) is 6.15. The molecule has 0 fully saturated rings. The van der Waals surface area contributed by atoms with Gasteiger partial charge in [0.2, 0.25) is 0 Å². The number of hydrogen-bond donors (Lipinski definition) is 1. The number of aromatic nitrogens is 1. The van der Waals surface area contributed by atoms with E-state index in [9.17, 15) is 4.79 Å². The van der Waals surface area contributed by atoms with Gasteiger partial charge in [0, 0.05) is 24.0 Å². The monoisotopic (exact) mass is 178 g/mol. The van der Waals surface area contributed by atoms with Crippen molar-refractivity contribution in [2.45, 2.75) is 20.8 Å². The molecule has 0 aliphatic carbocycles. The Hall–Kier alpha value is -1.38. The van der Waals surface area contributed by atoms with Crippen LogP contribution in [-0.4, -0.2) is 17.4 Å². The van der Waals surface area contributed by atoms with Crippen molar-refractivity contribution >= 4 is 5.91 Å². The van der Waals surface area contributed by atoms with Gasteiger partial charge in [-0.25, -0.2) is 0 Å². The molecule has 0 unspecified atom stereocenters. The molecular weight excluding hydrogens is 164 g/mol. The average molecular weight is 178 g/mol. The smallest absolute Gasteiger partial charge is 0.251 e. The number of rotatable bonds is 2. The first-order valence-electron chi connectivity index (χ1n) is 4.36. The van der Waals surface area contributed by atoms with Crippen LogP contribution in [0, 0.1) is 13.8 Å². The highest BCUT2D eigenvalue weighted by atomic mass is 16.1. The van der Waals surface area contributed by atoms with Gasteiger partial charge in [0.25, 0.3) is 5.91 Å². The molecule has 0 bridgehead atoms. The van der Waals surface area contributed by atoms with Gasteiger partial charge in [0.15, 0.2) is 0 Å². The van der Waals surface area contributed by atoms with Gasteiger partial charge >= 0.3 is 0 Å². The Kier molecular flexibility index (Phi) is 3.01.